The topological polar surface area (TPSA) is 63.4 Å². The second-order valence-electron chi connectivity index (χ2n) is 5.84. The normalized spacial score (nSPS) is 17.8. The predicted octanol–water partition coefficient (Wildman–Crippen LogP) is 5.55. The summed E-state index contributed by atoms with van der Waals surface area (Å²) in [5.74, 6) is 0.289. The number of carbonyl (C=O) groups is 1. The molecule has 0 fully saturated rings. The molecule has 4 rings (SSSR count). The average Bonchev–Trinajstić information content (AvgIpc) is 3.01. The first-order chi connectivity index (χ1) is 13.0. The predicted molar refractivity (Wildman–Crippen MR) is 111 cm³/mol. The number of fused-ring (bicyclic) bond motifs is 2. The molecular weight excluding hydrogens is 404 g/mol. The van der Waals surface area contributed by atoms with Crippen LogP contribution in [0.5, 0.6) is 5.75 Å². The Bertz CT molecular complexity index is 1120. The number of aromatic nitrogens is 1. The van der Waals surface area contributed by atoms with E-state index >= 15 is 0 Å². The first kappa shape index (κ1) is 18.2. The number of hydrogen-bond acceptors (Lipinski definition) is 6. The molecule has 1 aliphatic heterocycles. The lowest BCUT2D eigenvalue weighted by Gasteiger charge is -2.27. The molecule has 0 radical (unpaired) electrons. The Labute approximate surface area is 169 Å². The molecule has 0 saturated carbocycles. The monoisotopic (exact) mass is 418 g/mol. The van der Waals surface area contributed by atoms with Gasteiger partial charge in [-0.25, -0.2) is 0 Å². The van der Waals surface area contributed by atoms with Crippen LogP contribution in [0.2, 0.25) is 5.02 Å². The van der Waals surface area contributed by atoms with Crippen LogP contribution in [0.15, 0.2) is 48.2 Å². The minimum Gasteiger partial charge on any atom is -0.460 e. The molecule has 0 bridgehead atoms. The molecule has 2 heterocycles. The summed E-state index contributed by atoms with van der Waals surface area (Å²) in [6.45, 7) is 2.26. The van der Waals surface area contributed by atoms with Gasteiger partial charge in [0.05, 0.1) is 21.4 Å². The molecule has 138 valence electrons. The molecule has 2 N–H and O–H groups in total. The molecule has 2 aromatic carbocycles. The third-order valence-electron chi connectivity index (χ3n) is 4.07. The maximum Gasteiger partial charge on any atom is 0.232 e. The fourth-order valence-electron chi connectivity index (χ4n) is 2.83. The Hall–Kier alpha value is -2.19. The van der Waals surface area contributed by atoms with E-state index in [-0.39, 0.29) is 5.78 Å². The molecule has 0 spiro atoms. The van der Waals surface area contributed by atoms with Crippen molar-refractivity contribution < 1.29 is 14.3 Å². The summed E-state index contributed by atoms with van der Waals surface area (Å²) < 4.78 is 13.2. The average molecular weight is 419 g/mol. The highest BCUT2D eigenvalue weighted by Gasteiger charge is 2.32. The fraction of sp³-hybridized carbons (Fsp3) is 0.158. The quantitative estimate of drug-likeness (QED) is 0.430. The van der Waals surface area contributed by atoms with Gasteiger partial charge in [0.2, 0.25) is 12.1 Å². The van der Waals surface area contributed by atoms with E-state index in [2.05, 4.69) is 10.3 Å². The molecule has 5 nitrogen and oxygen atoms in total. The van der Waals surface area contributed by atoms with Gasteiger partial charge in [-0.3, -0.25) is 4.79 Å². The van der Waals surface area contributed by atoms with E-state index in [1.807, 2.05) is 25.1 Å². The van der Waals surface area contributed by atoms with Crippen LogP contribution in [-0.2, 0) is 4.74 Å². The number of nitrogens with one attached hydrogen (secondary N) is 2. The minimum atomic E-state index is -0.776. The van der Waals surface area contributed by atoms with Crippen molar-refractivity contribution in [3.8, 4) is 5.75 Å². The van der Waals surface area contributed by atoms with Crippen molar-refractivity contribution in [3.05, 3.63) is 62.7 Å². The van der Waals surface area contributed by atoms with Crippen LogP contribution in [0.4, 0.5) is 5.69 Å². The summed E-state index contributed by atoms with van der Waals surface area (Å²) >= 11 is 12.7. The van der Waals surface area contributed by atoms with E-state index in [1.54, 1.807) is 24.4 Å². The van der Waals surface area contributed by atoms with E-state index < -0.39 is 6.29 Å². The molecule has 27 heavy (non-hydrogen) atoms. The van der Waals surface area contributed by atoms with Crippen molar-refractivity contribution in [1.29, 1.82) is 0 Å². The number of rotatable bonds is 4. The van der Waals surface area contributed by atoms with Crippen molar-refractivity contribution in [2.45, 2.75) is 13.2 Å². The van der Waals surface area contributed by atoms with Gasteiger partial charge in [0, 0.05) is 23.5 Å². The van der Waals surface area contributed by atoms with Crippen LogP contribution in [0.25, 0.3) is 10.2 Å². The molecule has 0 aliphatic carbocycles. The van der Waals surface area contributed by atoms with Crippen molar-refractivity contribution in [3.63, 3.8) is 0 Å². The van der Waals surface area contributed by atoms with Gasteiger partial charge >= 0.3 is 0 Å². The number of H-pyrrole nitrogens is 1. The van der Waals surface area contributed by atoms with E-state index in [1.165, 1.54) is 11.3 Å². The summed E-state index contributed by atoms with van der Waals surface area (Å²) in [4.78, 5) is 16.1. The first-order valence-electron chi connectivity index (χ1n) is 8.27. The lowest BCUT2D eigenvalue weighted by Crippen LogP contribution is -2.33. The lowest BCUT2D eigenvalue weighted by atomic mass is 10.00. The Morgan fingerprint density at radius 2 is 2.22 bits per heavy atom. The zero-order valence-electron chi connectivity index (χ0n) is 14.2. The number of ether oxygens (including phenoxy) is 2. The molecule has 0 saturated heterocycles. The third kappa shape index (κ3) is 3.64. The Morgan fingerprint density at radius 3 is 3.04 bits per heavy atom. The number of anilines is 1. The molecule has 1 aromatic heterocycles. The molecule has 0 amide bonds. The summed E-state index contributed by atoms with van der Waals surface area (Å²) in [5, 5.41) is 3.64. The fourth-order valence-corrected chi connectivity index (χ4v) is 4.16. The summed E-state index contributed by atoms with van der Waals surface area (Å²) in [6, 6.07) is 10.8. The summed E-state index contributed by atoms with van der Waals surface area (Å²) in [7, 11) is 0. The van der Waals surface area contributed by atoms with Crippen LogP contribution in [0, 0.1) is 3.95 Å². The van der Waals surface area contributed by atoms with E-state index in [4.69, 9.17) is 33.3 Å². The Balaban J connectivity index is 1.67. The van der Waals surface area contributed by atoms with Crippen LogP contribution < -0.4 is 10.1 Å². The van der Waals surface area contributed by atoms with Crippen molar-refractivity contribution in [1.82, 2.24) is 4.98 Å². The lowest BCUT2D eigenvalue weighted by molar-refractivity contribution is -0.0509. The summed E-state index contributed by atoms with van der Waals surface area (Å²) in [5.41, 5.74) is 2.62. The third-order valence-corrected chi connectivity index (χ3v) is 5.50. The highest BCUT2D eigenvalue weighted by molar-refractivity contribution is 7.73. The molecule has 1 unspecified atom stereocenters. The van der Waals surface area contributed by atoms with Crippen LogP contribution in [-0.4, -0.2) is 23.7 Å². The van der Waals surface area contributed by atoms with Gasteiger partial charge in [-0.2, -0.15) is 0 Å². The Morgan fingerprint density at radius 1 is 1.37 bits per heavy atom. The molecular formula is C19H15ClN2O3S2. The first-order valence-corrected chi connectivity index (χ1v) is 9.87. The van der Waals surface area contributed by atoms with Crippen molar-refractivity contribution in [2.75, 3.05) is 11.9 Å². The maximum atomic E-state index is 12.9. The van der Waals surface area contributed by atoms with Crippen LogP contribution in [0.3, 0.4) is 0 Å². The van der Waals surface area contributed by atoms with E-state index in [0.29, 0.717) is 28.5 Å². The number of aromatic amines is 1. The second-order valence-corrected chi connectivity index (χ2v) is 8.00. The van der Waals surface area contributed by atoms with Crippen LogP contribution >= 0.6 is 35.2 Å². The number of Topliss-reactive ketones (excluding diaryl/α,β-unsaturated/α-hetero) is 1. The highest BCUT2D eigenvalue weighted by Crippen LogP contribution is 2.33. The minimum absolute atomic E-state index is 0.178. The van der Waals surface area contributed by atoms with Gasteiger partial charge in [-0.1, -0.05) is 11.6 Å². The number of ketones is 1. The van der Waals surface area contributed by atoms with Gasteiger partial charge in [0.1, 0.15) is 5.75 Å². The zero-order valence-corrected chi connectivity index (χ0v) is 16.6. The van der Waals surface area contributed by atoms with Gasteiger partial charge in [0.15, 0.2) is 3.95 Å². The molecule has 8 heteroatoms. The van der Waals surface area contributed by atoms with Gasteiger partial charge in [-0.15, -0.1) is 11.3 Å². The largest absolute Gasteiger partial charge is 0.460 e. The number of halogens is 1. The van der Waals surface area contributed by atoms with Crippen molar-refractivity contribution >= 4 is 56.8 Å². The summed E-state index contributed by atoms with van der Waals surface area (Å²) in [6.07, 6.45) is 0.848. The van der Waals surface area contributed by atoms with E-state index in [0.717, 1.165) is 19.9 Å². The van der Waals surface area contributed by atoms with Crippen molar-refractivity contribution in [2.24, 2.45) is 0 Å². The number of thiazole rings is 1. The zero-order chi connectivity index (χ0) is 19.0. The second kappa shape index (κ2) is 7.44. The molecule has 1 aliphatic rings. The van der Waals surface area contributed by atoms with Crippen LogP contribution in [0.1, 0.15) is 17.3 Å². The van der Waals surface area contributed by atoms with Gasteiger partial charge in [-0.05, 0) is 55.5 Å². The van der Waals surface area contributed by atoms with Gasteiger partial charge in [0.25, 0.3) is 0 Å². The Kier molecular flexibility index (Phi) is 5.01. The highest BCUT2D eigenvalue weighted by atomic mass is 35.5. The van der Waals surface area contributed by atoms with E-state index in [9.17, 15) is 4.79 Å². The number of hydrogen-bond donors (Lipinski definition) is 2. The number of benzene rings is 2. The van der Waals surface area contributed by atoms with Gasteiger partial charge < -0.3 is 19.8 Å². The smallest absolute Gasteiger partial charge is 0.232 e. The number of carbonyl (C=O) groups excluding carboxylic acids is 1. The molecule has 1 atom stereocenters. The maximum absolute atomic E-state index is 12.9. The standard InChI is InChI=1S/C19H15ClN2O3S2/c1-2-24-18-13(17(23)12-7-10(20)3-6-15(12)25-18)9-21-11-4-5-14-16(8-11)27-19(26)22-14/h3-9,18,21H,2H2,1H3,(H,22,26)/b13-9-. The SMILES string of the molecule is CCOC1Oc2ccc(Cl)cc2C(=O)/C1=C/Nc1ccc2[nH]c(=S)sc2c1. The molecule has 3 aromatic rings.